The topological polar surface area (TPSA) is 60.8 Å². The summed E-state index contributed by atoms with van der Waals surface area (Å²) in [5.41, 5.74) is -1.04. The number of nitrogens with zero attached hydrogens (tertiary/aromatic N) is 1. The number of amides is 1. The van der Waals surface area contributed by atoms with Crippen LogP contribution in [0.15, 0.2) is 0 Å². The van der Waals surface area contributed by atoms with Gasteiger partial charge in [-0.05, 0) is 12.8 Å². The van der Waals surface area contributed by atoms with E-state index in [2.05, 4.69) is 0 Å². The molecule has 2 aliphatic rings. The molecule has 74 valence electrons. The summed E-state index contributed by atoms with van der Waals surface area (Å²) in [6.07, 6.45) is 2.61. The normalized spacial score (nSPS) is 39.4. The second-order valence-electron chi connectivity index (χ2n) is 3.95. The molecule has 2 saturated heterocycles. The minimum atomic E-state index is -1.04. The molecular formula is C9H15NO3. The number of carbonyl (C=O) groups is 1. The van der Waals surface area contributed by atoms with Gasteiger partial charge in [-0.15, -0.1) is 0 Å². The number of aliphatic hydroxyl groups excluding tert-OH is 1. The van der Waals surface area contributed by atoms with Crippen molar-refractivity contribution in [3.8, 4) is 0 Å². The molecule has 0 aromatic carbocycles. The number of hydrogen-bond donors (Lipinski definition) is 2. The highest BCUT2D eigenvalue weighted by molar-refractivity contribution is 5.79. The Bertz CT molecular complexity index is 231. The van der Waals surface area contributed by atoms with Crippen molar-refractivity contribution in [1.29, 1.82) is 0 Å². The summed E-state index contributed by atoms with van der Waals surface area (Å²) >= 11 is 0. The quantitative estimate of drug-likeness (QED) is 0.589. The molecule has 13 heavy (non-hydrogen) atoms. The van der Waals surface area contributed by atoms with Gasteiger partial charge in [-0.25, -0.2) is 0 Å². The molecule has 2 N–H and O–H groups in total. The summed E-state index contributed by atoms with van der Waals surface area (Å²) in [4.78, 5) is 12.9. The Kier molecular flexibility index (Phi) is 2.04. The van der Waals surface area contributed by atoms with Crippen molar-refractivity contribution >= 4 is 5.91 Å². The van der Waals surface area contributed by atoms with Gasteiger partial charge < -0.3 is 15.1 Å². The molecule has 0 saturated carbocycles. The maximum atomic E-state index is 11.4. The monoisotopic (exact) mass is 185 g/mol. The molecule has 0 bridgehead atoms. The van der Waals surface area contributed by atoms with Crippen molar-refractivity contribution in [2.24, 2.45) is 5.92 Å². The fourth-order valence-electron chi connectivity index (χ4n) is 2.48. The van der Waals surface area contributed by atoms with Crippen molar-refractivity contribution in [2.75, 3.05) is 13.2 Å². The number of hydrogen-bond acceptors (Lipinski definition) is 3. The molecule has 0 unspecified atom stereocenters. The van der Waals surface area contributed by atoms with E-state index in [1.807, 2.05) is 0 Å². The van der Waals surface area contributed by atoms with Crippen LogP contribution < -0.4 is 0 Å². The van der Waals surface area contributed by atoms with Crippen LogP contribution in [-0.4, -0.2) is 39.9 Å². The second kappa shape index (κ2) is 2.96. The Morgan fingerprint density at radius 1 is 1.62 bits per heavy atom. The van der Waals surface area contributed by atoms with Crippen LogP contribution in [0, 0.1) is 5.92 Å². The highest BCUT2D eigenvalue weighted by Crippen LogP contribution is 2.39. The van der Waals surface area contributed by atoms with Crippen LogP contribution in [0.4, 0.5) is 0 Å². The molecule has 0 aromatic rings. The van der Waals surface area contributed by atoms with Crippen LogP contribution in [0.25, 0.3) is 0 Å². The molecule has 2 rings (SSSR count). The lowest BCUT2D eigenvalue weighted by molar-refractivity contribution is -0.172. The highest BCUT2D eigenvalue weighted by atomic mass is 16.3. The lowest BCUT2D eigenvalue weighted by atomic mass is 9.86. The molecule has 0 radical (unpaired) electrons. The average molecular weight is 185 g/mol. The van der Waals surface area contributed by atoms with Gasteiger partial charge in [0.2, 0.25) is 5.91 Å². The van der Waals surface area contributed by atoms with Crippen LogP contribution >= 0.6 is 0 Å². The van der Waals surface area contributed by atoms with Gasteiger partial charge in [0, 0.05) is 25.3 Å². The van der Waals surface area contributed by atoms with Gasteiger partial charge >= 0.3 is 0 Å². The number of carbonyl (C=O) groups excluding carboxylic acids is 1. The van der Waals surface area contributed by atoms with E-state index in [0.29, 0.717) is 19.4 Å². The lowest BCUT2D eigenvalue weighted by Crippen LogP contribution is -2.55. The summed E-state index contributed by atoms with van der Waals surface area (Å²) in [6, 6.07) is 0. The number of aliphatic hydroxyl groups is 2. The summed E-state index contributed by atoms with van der Waals surface area (Å²) in [6.45, 7) is 0.617. The van der Waals surface area contributed by atoms with Gasteiger partial charge in [0.25, 0.3) is 0 Å². The molecule has 2 fully saturated rings. The molecule has 2 aliphatic heterocycles. The third-order valence-corrected chi connectivity index (χ3v) is 3.28. The SMILES string of the molecule is O=C1CC[C@@]2(O)[C@H](CO)CCCN12. The first-order chi connectivity index (χ1) is 6.18. The Hall–Kier alpha value is -0.610. The van der Waals surface area contributed by atoms with Crippen LogP contribution in [0.1, 0.15) is 25.7 Å². The zero-order valence-electron chi connectivity index (χ0n) is 7.57. The van der Waals surface area contributed by atoms with Crippen LogP contribution in [0.2, 0.25) is 0 Å². The van der Waals surface area contributed by atoms with Gasteiger partial charge in [0.1, 0.15) is 5.72 Å². The molecule has 2 atom stereocenters. The van der Waals surface area contributed by atoms with Crippen molar-refractivity contribution in [3.05, 3.63) is 0 Å². The first-order valence-electron chi connectivity index (χ1n) is 4.82. The number of rotatable bonds is 1. The van der Waals surface area contributed by atoms with E-state index >= 15 is 0 Å². The van der Waals surface area contributed by atoms with Crippen molar-refractivity contribution < 1.29 is 15.0 Å². The van der Waals surface area contributed by atoms with Gasteiger partial charge in [0.15, 0.2) is 0 Å². The predicted molar refractivity (Wildman–Crippen MR) is 45.7 cm³/mol. The zero-order chi connectivity index (χ0) is 9.47. The predicted octanol–water partition coefficient (Wildman–Crippen LogP) is -0.300. The van der Waals surface area contributed by atoms with E-state index < -0.39 is 5.72 Å². The van der Waals surface area contributed by atoms with Crippen LogP contribution in [0.3, 0.4) is 0 Å². The Balaban J connectivity index is 2.24. The Morgan fingerprint density at radius 3 is 3.08 bits per heavy atom. The summed E-state index contributed by atoms with van der Waals surface area (Å²) < 4.78 is 0. The van der Waals surface area contributed by atoms with E-state index in [4.69, 9.17) is 5.11 Å². The molecule has 4 nitrogen and oxygen atoms in total. The lowest BCUT2D eigenvalue weighted by Gasteiger charge is -2.43. The van der Waals surface area contributed by atoms with Crippen LogP contribution in [-0.2, 0) is 4.79 Å². The number of fused-ring (bicyclic) bond motifs is 1. The maximum Gasteiger partial charge on any atom is 0.225 e. The van der Waals surface area contributed by atoms with Gasteiger partial charge in [0.05, 0.1) is 6.61 Å². The van der Waals surface area contributed by atoms with E-state index in [9.17, 15) is 9.90 Å². The summed E-state index contributed by atoms with van der Waals surface area (Å²) in [7, 11) is 0. The minimum absolute atomic E-state index is 0.0275. The molecule has 2 heterocycles. The smallest absolute Gasteiger partial charge is 0.225 e. The molecule has 4 heteroatoms. The Labute approximate surface area is 77.2 Å². The third-order valence-electron chi connectivity index (χ3n) is 3.28. The van der Waals surface area contributed by atoms with E-state index in [1.165, 1.54) is 4.90 Å². The van der Waals surface area contributed by atoms with Crippen molar-refractivity contribution in [3.63, 3.8) is 0 Å². The van der Waals surface area contributed by atoms with Gasteiger partial charge in [-0.1, -0.05) is 0 Å². The maximum absolute atomic E-state index is 11.4. The zero-order valence-corrected chi connectivity index (χ0v) is 7.57. The summed E-state index contributed by atoms with van der Waals surface area (Å²) in [5.74, 6) is -0.117. The fraction of sp³-hybridized carbons (Fsp3) is 0.889. The summed E-state index contributed by atoms with van der Waals surface area (Å²) in [5, 5.41) is 19.3. The fourth-order valence-corrected chi connectivity index (χ4v) is 2.48. The van der Waals surface area contributed by atoms with Crippen LogP contribution in [0.5, 0.6) is 0 Å². The first kappa shape index (κ1) is 8.97. The standard InChI is InChI=1S/C9H15NO3/c11-6-7-2-1-5-10-8(12)3-4-9(7,10)13/h7,11,13H,1-6H2/t7-,9+/m0/s1. The molecular weight excluding hydrogens is 170 g/mol. The third kappa shape index (κ3) is 1.16. The molecule has 0 aliphatic carbocycles. The molecule has 0 spiro atoms. The Morgan fingerprint density at radius 2 is 2.38 bits per heavy atom. The van der Waals surface area contributed by atoms with Crippen molar-refractivity contribution in [1.82, 2.24) is 4.90 Å². The number of piperidine rings is 1. The highest BCUT2D eigenvalue weighted by Gasteiger charge is 2.50. The van der Waals surface area contributed by atoms with E-state index in [-0.39, 0.29) is 18.4 Å². The van der Waals surface area contributed by atoms with E-state index in [0.717, 1.165) is 12.8 Å². The first-order valence-corrected chi connectivity index (χ1v) is 4.82. The molecule has 0 aromatic heterocycles. The second-order valence-corrected chi connectivity index (χ2v) is 3.95. The average Bonchev–Trinajstić information content (AvgIpc) is 2.43. The van der Waals surface area contributed by atoms with Crippen molar-refractivity contribution in [2.45, 2.75) is 31.4 Å². The van der Waals surface area contributed by atoms with Gasteiger partial charge in [-0.2, -0.15) is 0 Å². The minimum Gasteiger partial charge on any atom is -0.396 e. The van der Waals surface area contributed by atoms with Gasteiger partial charge in [-0.3, -0.25) is 4.79 Å². The van der Waals surface area contributed by atoms with E-state index in [1.54, 1.807) is 0 Å². The molecule has 1 amide bonds. The largest absolute Gasteiger partial charge is 0.396 e.